The van der Waals surface area contributed by atoms with Crippen molar-refractivity contribution in [1.82, 2.24) is 9.97 Å². The van der Waals surface area contributed by atoms with Gasteiger partial charge in [-0.25, -0.2) is 9.97 Å². The summed E-state index contributed by atoms with van der Waals surface area (Å²) in [6, 6.07) is 8.64. The molecule has 0 saturated carbocycles. The van der Waals surface area contributed by atoms with Crippen LogP contribution in [0.1, 0.15) is 10.4 Å². The zero-order valence-corrected chi connectivity index (χ0v) is 11.7. The monoisotopic (exact) mass is 304 g/mol. The van der Waals surface area contributed by atoms with Gasteiger partial charge in [0, 0.05) is 16.8 Å². The molecule has 0 radical (unpaired) electrons. The Hall–Kier alpha value is -2.18. The van der Waals surface area contributed by atoms with Gasteiger partial charge in [0.25, 0.3) is 0 Å². The van der Waals surface area contributed by atoms with Gasteiger partial charge < -0.3 is 11.1 Å². The second-order valence-corrected chi connectivity index (χ2v) is 5.52. The zero-order chi connectivity index (χ0) is 14.1. The van der Waals surface area contributed by atoms with Crippen LogP contribution in [0.2, 0.25) is 5.02 Å². The highest BCUT2D eigenvalue weighted by atomic mass is 35.5. The van der Waals surface area contributed by atoms with Crippen LogP contribution in [-0.4, -0.2) is 15.9 Å². The molecule has 0 bridgehead atoms. The van der Waals surface area contributed by atoms with E-state index in [9.17, 15) is 4.79 Å². The summed E-state index contributed by atoms with van der Waals surface area (Å²) in [7, 11) is 0. The lowest BCUT2D eigenvalue weighted by Crippen LogP contribution is -2.11. The molecule has 3 rings (SSSR count). The van der Waals surface area contributed by atoms with Gasteiger partial charge in [-0.2, -0.15) is 0 Å². The first-order valence-corrected chi connectivity index (χ1v) is 6.90. The Morgan fingerprint density at radius 3 is 2.95 bits per heavy atom. The first-order valence-electron chi connectivity index (χ1n) is 5.71. The number of hydrogen-bond acceptors (Lipinski definition) is 5. The van der Waals surface area contributed by atoms with Crippen LogP contribution in [0, 0.1) is 0 Å². The molecule has 0 aliphatic heterocycles. The molecule has 5 nitrogen and oxygen atoms in total. The quantitative estimate of drug-likeness (QED) is 0.778. The average Bonchev–Trinajstić information content (AvgIpc) is 2.80. The van der Waals surface area contributed by atoms with Crippen molar-refractivity contribution in [2.75, 3.05) is 5.32 Å². The molecule has 3 N–H and O–H groups in total. The van der Waals surface area contributed by atoms with Crippen molar-refractivity contribution < 1.29 is 4.79 Å². The minimum atomic E-state index is -0.494. The van der Waals surface area contributed by atoms with E-state index in [0.29, 0.717) is 21.5 Å². The SMILES string of the molecule is NC(=O)c1ccnc(Nc2nc3ccc(Cl)cc3s2)c1. The number of aromatic nitrogens is 2. The summed E-state index contributed by atoms with van der Waals surface area (Å²) in [6.45, 7) is 0. The topological polar surface area (TPSA) is 80.9 Å². The minimum absolute atomic E-state index is 0.395. The number of thiazole rings is 1. The lowest BCUT2D eigenvalue weighted by Gasteiger charge is -2.02. The van der Waals surface area contributed by atoms with E-state index >= 15 is 0 Å². The number of nitrogens with one attached hydrogen (secondary N) is 1. The van der Waals surface area contributed by atoms with Crippen molar-refractivity contribution in [2.24, 2.45) is 5.73 Å². The van der Waals surface area contributed by atoms with E-state index < -0.39 is 5.91 Å². The number of primary amides is 1. The Morgan fingerprint density at radius 1 is 1.30 bits per heavy atom. The highest BCUT2D eigenvalue weighted by Gasteiger charge is 2.07. The molecule has 1 aromatic carbocycles. The Morgan fingerprint density at radius 2 is 2.15 bits per heavy atom. The molecular weight excluding hydrogens is 296 g/mol. The third-order valence-electron chi connectivity index (χ3n) is 2.63. The van der Waals surface area contributed by atoms with Gasteiger partial charge in [0.2, 0.25) is 5.91 Å². The van der Waals surface area contributed by atoms with E-state index in [1.807, 2.05) is 12.1 Å². The molecule has 20 heavy (non-hydrogen) atoms. The normalized spacial score (nSPS) is 10.7. The summed E-state index contributed by atoms with van der Waals surface area (Å²) in [5, 5.41) is 4.40. The molecule has 0 unspecified atom stereocenters. The predicted molar refractivity (Wildman–Crippen MR) is 80.7 cm³/mol. The molecule has 2 heterocycles. The number of rotatable bonds is 3. The highest BCUT2D eigenvalue weighted by molar-refractivity contribution is 7.22. The molecule has 0 aliphatic carbocycles. The summed E-state index contributed by atoms with van der Waals surface area (Å²) < 4.78 is 0.978. The van der Waals surface area contributed by atoms with E-state index in [0.717, 1.165) is 10.2 Å². The first-order chi connectivity index (χ1) is 9.61. The van der Waals surface area contributed by atoms with Gasteiger partial charge in [0.1, 0.15) is 5.82 Å². The van der Waals surface area contributed by atoms with Crippen molar-refractivity contribution in [2.45, 2.75) is 0 Å². The maximum atomic E-state index is 11.1. The maximum absolute atomic E-state index is 11.1. The van der Waals surface area contributed by atoms with E-state index in [4.69, 9.17) is 17.3 Å². The van der Waals surface area contributed by atoms with Gasteiger partial charge in [-0.15, -0.1) is 0 Å². The number of anilines is 2. The lowest BCUT2D eigenvalue weighted by atomic mass is 10.2. The third kappa shape index (κ3) is 2.56. The van der Waals surface area contributed by atoms with E-state index in [-0.39, 0.29) is 0 Å². The number of halogens is 1. The standard InChI is InChI=1S/C13H9ClN4OS/c14-8-1-2-9-10(6-8)20-13(17-9)18-11-5-7(12(15)19)3-4-16-11/h1-6H,(H2,15,19)(H,16,17,18). The van der Waals surface area contributed by atoms with Crippen LogP contribution in [0.4, 0.5) is 10.9 Å². The number of carbonyl (C=O) groups is 1. The number of carbonyl (C=O) groups excluding carboxylic acids is 1. The Balaban J connectivity index is 1.92. The van der Waals surface area contributed by atoms with E-state index in [1.165, 1.54) is 17.5 Å². The minimum Gasteiger partial charge on any atom is -0.366 e. The van der Waals surface area contributed by atoms with Crippen LogP contribution in [0.15, 0.2) is 36.5 Å². The fraction of sp³-hybridized carbons (Fsp3) is 0. The van der Waals surface area contributed by atoms with Gasteiger partial charge in [-0.3, -0.25) is 4.79 Å². The van der Waals surface area contributed by atoms with Gasteiger partial charge in [-0.05, 0) is 30.3 Å². The summed E-state index contributed by atoms with van der Waals surface area (Å²) in [4.78, 5) is 19.7. The second kappa shape index (κ2) is 5.07. The summed E-state index contributed by atoms with van der Waals surface area (Å²) in [5.74, 6) is 0.0259. The molecular formula is C13H9ClN4OS. The van der Waals surface area contributed by atoms with Crippen molar-refractivity contribution >= 4 is 50.0 Å². The number of hydrogen-bond donors (Lipinski definition) is 2. The molecule has 7 heteroatoms. The number of fused-ring (bicyclic) bond motifs is 1. The summed E-state index contributed by atoms with van der Waals surface area (Å²) in [5.41, 5.74) is 6.48. The Bertz CT molecular complexity index is 802. The van der Waals surface area contributed by atoms with Gasteiger partial charge in [-0.1, -0.05) is 22.9 Å². The largest absolute Gasteiger partial charge is 0.366 e. The van der Waals surface area contributed by atoms with Crippen molar-refractivity contribution in [1.29, 1.82) is 0 Å². The van der Waals surface area contributed by atoms with Crippen LogP contribution in [0.5, 0.6) is 0 Å². The molecule has 3 aromatic rings. The highest BCUT2D eigenvalue weighted by Crippen LogP contribution is 2.29. The van der Waals surface area contributed by atoms with Gasteiger partial charge >= 0.3 is 0 Å². The Labute approximate surface area is 123 Å². The third-order valence-corrected chi connectivity index (χ3v) is 3.80. The molecule has 0 spiro atoms. The number of pyridine rings is 1. The predicted octanol–water partition coefficient (Wildman–Crippen LogP) is 3.19. The van der Waals surface area contributed by atoms with Gasteiger partial charge in [0.15, 0.2) is 5.13 Å². The zero-order valence-electron chi connectivity index (χ0n) is 10.1. The fourth-order valence-corrected chi connectivity index (χ4v) is 2.86. The van der Waals surface area contributed by atoms with E-state index in [1.54, 1.807) is 18.2 Å². The molecule has 2 aromatic heterocycles. The number of nitrogens with two attached hydrogens (primary N) is 1. The van der Waals surface area contributed by atoms with Crippen molar-refractivity contribution in [3.8, 4) is 0 Å². The van der Waals surface area contributed by atoms with Crippen molar-refractivity contribution in [3.05, 3.63) is 47.1 Å². The number of nitrogens with zero attached hydrogens (tertiary/aromatic N) is 2. The van der Waals surface area contributed by atoms with Crippen LogP contribution in [0.3, 0.4) is 0 Å². The number of benzene rings is 1. The van der Waals surface area contributed by atoms with Crippen LogP contribution in [-0.2, 0) is 0 Å². The lowest BCUT2D eigenvalue weighted by molar-refractivity contribution is 0.1000. The molecule has 0 fully saturated rings. The Kier molecular flexibility index (Phi) is 3.25. The fourth-order valence-electron chi connectivity index (χ4n) is 1.71. The van der Waals surface area contributed by atoms with Crippen LogP contribution in [0.25, 0.3) is 10.2 Å². The van der Waals surface area contributed by atoms with Gasteiger partial charge in [0.05, 0.1) is 10.2 Å². The molecule has 0 atom stereocenters. The van der Waals surface area contributed by atoms with Crippen LogP contribution < -0.4 is 11.1 Å². The summed E-state index contributed by atoms with van der Waals surface area (Å²) in [6.07, 6.45) is 1.52. The van der Waals surface area contributed by atoms with E-state index in [2.05, 4.69) is 15.3 Å². The average molecular weight is 305 g/mol. The van der Waals surface area contributed by atoms with Crippen molar-refractivity contribution in [3.63, 3.8) is 0 Å². The second-order valence-electron chi connectivity index (χ2n) is 4.05. The molecule has 1 amide bonds. The number of amides is 1. The van der Waals surface area contributed by atoms with Crippen LogP contribution >= 0.6 is 22.9 Å². The molecule has 100 valence electrons. The maximum Gasteiger partial charge on any atom is 0.248 e. The molecule has 0 saturated heterocycles. The first kappa shape index (κ1) is 12.8. The smallest absolute Gasteiger partial charge is 0.248 e. The molecule has 0 aliphatic rings. The summed E-state index contributed by atoms with van der Waals surface area (Å²) >= 11 is 7.40.